The zero-order valence-corrected chi connectivity index (χ0v) is 12.7. The second-order valence-electron chi connectivity index (χ2n) is 4.33. The van der Waals surface area contributed by atoms with Gasteiger partial charge in [0.1, 0.15) is 5.75 Å². The van der Waals surface area contributed by atoms with Crippen molar-refractivity contribution in [2.45, 2.75) is 19.4 Å². The van der Waals surface area contributed by atoms with E-state index in [9.17, 15) is 0 Å². The topological polar surface area (TPSA) is 21.3 Å². The molecule has 0 aliphatic carbocycles. The number of hydrogen-bond acceptors (Lipinski definition) is 3. The summed E-state index contributed by atoms with van der Waals surface area (Å²) in [4.78, 5) is 0. The monoisotopic (exact) mass is 295 g/mol. The Hall–Kier alpha value is -1.03. The van der Waals surface area contributed by atoms with Gasteiger partial charge in [0.2, 0.25) is 0 Å². The summed E-state index contributed by atoms with van der Waals surface area (Å²) in [7, 11) is 1.68. The van der Waals surface area contributed by atoms with E-state index in [1.807, 2.05) is 18.2 Å². The second-order valence-corrected chi connectivity index (χ2v) is 5.55. The summed E-state index contributed by atoms with van der Waals surface area (Å²) < 4.78 is 5.46. The van der Waals surface area contributed by atoms with Crippen LogP contribution in [-0.2, 0) is 0 Å². The SMILES string of the molecule is CCCNC(c1ccsc1)c1ccc(Cl)cc1OC. The zero-order valence-electron chi connectivity index (χ0n) is 11.2. The normalized spacial score (nSPS) is 12.4. The van der Waals surface area contributed by atoms with Gasteiger partial charge in [0, 0.05) is 10.6 Å². The molecule has 4 heteroatoms. The molecule has 0 aliphatic rings. The molecule has 2 rings (SSSR count). The van der Waals surface area contributed by atoms with Crippen molar-refractivity contribution in [2.75, 3.05) is 13.7 Å². The van der Waals surface area contributed by atoms with E-state index in [1.165, 1.54) is 5.56 Å². The van der Waals surface area contributed by atoms with Crippen molar-refractivity contribution in [3.8, 4) is 5.75 Å². The first-order chi connectivity index (χ1) is 9.26. The molecule has 0 radical (unpaired) electrons. The Balaban J connectivity index is 2.37. The van der Waals surface area contributed by atoms with Gasteiger partial charge in [-0.25, -0.2) is 0 Å². The lowest BCUT2D eigenvalue weighted by Gasteiger charge is -2.20. The summed E-state index contributed by atoms with van der Waals surface area (Å²) in [5, 5.41) is 8.52. The van der Waals surface area contributed by atoms with Crippen LogP contribution in [0.4, 0.5) is 0 Å². The fraction of sp³-hybridized carbons (Fsp3) is 0.333. The molecular weight excluding hydrogens is 278 g/mol. The fourth-order valence-corrected chi connectivity index (χ4v) is 2.91. The van der Waals surface area contributed by atoms with Crippen LogP contribution in [0.5, 0.6) is 5.75 Å². The van der Waals surface area contributed by atoms with Gasteiger partial charge in [0.05, 0.1) is 13.2 Å². The molecule has 2 nitrogen and oxygen atoms in total. The summed E-state index contributed by atoms with van der Waals surface area (Å²) in [6, 6.07) is 8.10. The van der Waals surface area contributed by atoms with E-state index in [1.54, 1.807) is 18.4 Å². The Labute approximate surface area is 123 Å². The first-order valence-electron chi connectivity index (χ1n) is 6.35. The minimum absolute atomic E-state index is 0.151. The van der Waals surface area contributed by atoms with Crippen LogP contribution in [0.2, 0.25) is 5.02 Å². The number of thiophene rings is 1. The van der Waals surface area contributed by atoms with Crippen molar-refractivity contribution in [1.82, 2.24) is 5.32 Å². The number of ether oxygens (including phenoxy) is 1. The maximum absolute atomic E-state index is 6.03. The maximum atomic E-state index is 6.03. The molecule has 19 heavy (non-hydrogen) atoms. The van der Waals surface area contributed by atoms with E-state index < -0.39 is 0 Å². The van der Waals surface area contributed by atoms with Crippen molar-refractivity contribution in [3.05, 3.63) is 51.2 Å². The van der Waals surface area contributed by atoms with Crippen molar-refractivity contribution in [1.29, 1.82) is 0 Å². The van der Waals surface area contributed by atoms with Crippen molar-refractivity contribution in [2.24, 2.45) is 0 Å². The summed E-state index contributed by atoms with van der Waals surface area (Å²) >= 11 is 7.74. The van der Waals surface area contributed by atoms with Gasteiger partial charge in [-0.15, -0.1) is 0 Å². The first-order valence-corrected chi connectivity index (χ1v) is 7.67. The molecule has 1 aromatic carbocycles. The van der Waals surface area contributed by atoms with E-state index in [0.717, 1.165) is 24.3 Å². The Bertz CT molecular complexity index is 513. The Morgan fingerprint density at radius 2 is 2.21 bits per heavy atom. The Kier molecular flexibility index (Phi) is 5.25. The molecule has 0 amide bonds. The zero-order chi connectivity index (χ0) is 13.7. The third kappa shape index (κ3) is 3.50. The van der Waals surface area contributed by atoms with Crippen LogP contribution in [0.3, 0.4) is 0 Å². The highest BCUT2D eigenvalue weighted by atomic mass is 35.5. The van der Waals surface area contributed by atoms with Gasteiger partial charge in [-0.05, 0) is 47.5 Å². The molecule has 102 valence electrons. The highest BCUT2D eigenvalue weighted by Crippen LogP contribution is 2.33. The summed E-state index contributed by atoms with van der Waals surface area (Å²) in [6.45, 7) is 3.13. The molecule has 0 aliphatic heterocycles. The molecule has 1 atom stereocenters. The van der Waals surface area contributed by atoms with Crippen molar-refractivity contribution >= 4 is 22.9 Å². The maximum Gasteiger partial charge on any atom is 0.125 e. The van der Waals surface area contributed by atoms with Gasteiger partial charge in [0.15, 0.2) is 0 Å². The first kappa shape index (κ1) is 14.4. The quantitative estimate of drug-likeness (QED) is 0.847. The molecule has 0 spiro atoms. The minimum atomic E-state index is 0.151. The second kappa shape index (κ2) is 6.94. The Morgan fingerprint density at radius 1 is 1.37 bits per heavy atom. The summed E-state index contributed by atoms with van der Waals surface area (Å²) in [5.41, 5.74) is 2.39. The lowest BCUT2D eigenvalue weighted by Crippen LogP contribution is -2.23. The molecule has 1 N–H and O–H groups in total. The Morgan fingerprint density at radius 3 is 2.84 bits per heavy atom. The largest absolute Gasteiger partial charge is 0.496 e. The molecule has 2 aromatic rings. The van der Waals surface area contributed by atoms with Crippen LogP contribution in [0.15, 0.2) is 35.0 Å². The number of halogens is 1. The third-order valence-electron chi connectivity index (χ3n) is 2.98. The van der Waals surface area contributed by atoms with E-state index in [4.69, 9.17) is 16.3 Å². The summed E-state index contributed by atoms with van der Waals surface area (Å²) in [5.74, 6) is 0.826. The fourth-order valence-electron chi connectivity index (χ4n) is 2.06. The third-order valence-corrected chi connectivity index (χ3v) is 3.92. The van der Waals surface area contributed by atoms with Gasteiger partial charge in [0.25, 0.3) is 0 Å². The molecule has 0 fully saturated rings. The predicted molar refractivity (Wildman–Crippen MR) is 82.5 cm³/mol. The van der Waals surface area contributed by atoms with Crippen LogP contribution < -0.4 is 10.1 Å². The highest BCUT2D eigenvalue weighted by molar-refractivity contribution is 7.08. The number of nitrogens with one attached hydrogen (secondary N) is 1. The molecular formula is C15H18ClNOS. The van der Waals surface area contributed by atoms with E-state index in [-0.39, 0.29) is 6.04 Å². The van der Waals surface area contributed by atoms with Gasteiger partial charge in [-0.3, -0.25) is 0 Å². The highest BCUT2D eigenvalue weighted by Gasteiger charge is 2.18. The van der Waals surface area contributed by atoms with Gasteiger partial charge in [-0.1, -0.05) is 24.6 Å². The minimum Gasteiger partial charge on any atom is -0.496 e. The molecule has 0 saturated heterocycles. The average molecular weight is 296 g/mol. The lowest BCUT2D eigenvalue weighted by atomic mass is 10.00. The van der Waals surface area contributed by atoms with E-state index in [0.29, 0.717) is 5.02 Å². The average Bonchev–Trinajstić information content (AvgIpc) is 2.94. The number of rotatable bonds is 6. The molecule has 0 saturated carbocycles. The summed E-state index contributed by atoms with van der Waals surface area (Å²) in [6.07, 6.45) is 1.09. The standard InChI is InChI=1S/C15H18ClNOS/c1-3-7-17-15(11-6-8-19-10-11)13-5-4-12(16)9-14(13)18-2/h4-6,8-10,15,17H,3,7H2,1-2H3. The van der Waals surface area contributed by atoms with E-state index >= 15 is 0 Å². The van der Waals surface area contributed by atoms with Crippen LogP contribution in [-0.4, -0.2) is 13.7 Å². The predicted octanol–water partition coefficient (Wildman–Crippen LogP) is 4.50. The molecule has 1 aromatic heterocycles. The van der Waals surface area contributed by atoms with E-state index in [2.05, 4.69) is 29.1 Å². The van der Waals surface area contributed by atoms with Crippen LogP contribution >= 0.6 is 22.9 Å². The lowest BCUT2D eigenvalue weighted by molar-refractivity contribution is 0.404. The number of methoxy groups -OCH3 is 1. The van der Waals surface area contributed by atoms with Gasteiger partial charge in [-0.2, -0.15) is 11.3 Å². The van der Waals surface area contributed by atoms with Gasteiger partial charge < -0.3 is 10.1 Å². The number of benzene rings is 1. The number of hydrogen-bond donors (Lipinski definition) is 1. The molecule has 0 bridgehead atoms. The van der Waals surface area contributed by atoms with Crippen LogP contribution in [0.25, 0.3) is 0 Å². The van der Waals surface area contributed by atoms with Gasteiger partial charge >= 0.3 is 0 Å². The van der Waals surface area contributed by atoms with Crippen molar-refractivity contribution in [3.63, 3.8) is 0 Å². The molecule has 1 unspecified atom stereocenters. The van der Waals surface area contributed by atoms with Crippen molar-refractivity contribution < 1.29 is 4.74 Å². The van der Waals surface area contributed by atoms with Crippen LogP contribution in [0, 0.1) is 0 Å². The molecule has 1 heterocycles. The van der Waals surface area contributed by atoms with Crippen LogP contribution in [0.1, 0.15) is 30.5 Å². The smallest absolute Gasteiger partial charge is 0.125 e.